The molecular weight excluding hydrogens is 413 g/mol. The van der Waals surface area contributed by atoms with Gasteiger partial charge in [-0.05, 0) is 31.0 Å². The zero-order valence-electron chi connectivity index (χ0n) is 16.0. The van der Waals surface area contributed by atoms with E-state index in [1.807, 2.05) is 6.07 Å². The monoisotopic (exact) mass is 431 g/mol. The lowest BCUT2D eigenvalue weighted by Crippen LogP contribution is -2.20. The number of rotatable bonds is 5. The summed E-state index contributed by atoms with van der Waals surface area (Å²) in [5.41, 5.74) is 1.22. The molecule has 0 bridgehead atoms. The molecule has 7 nitrogen and oxygen atoms in total. The van der Waals surface area contributed by atoms with Crippen LogP contribution >= 0.6 is 11.6 Å². The Morgan fingerprint density at radius 3 is 2.80 bits per heavy atom. The predicted molar refractivity (Wildman–Crippen MR) is 110 cm³/mol. The molecule has 1 fully saturated rings. The number of anilines is 2. The minimum absolute atomic E-state index is 0.0183. The highest BCUT2D eigenvalue weighted by Gasteiger charge is 2.26. The first-order valence-electron chi connectivity index (χ1n) is 9.73. The van der Waals surface area contributed by atoms with E-state index in [-0.39, 0.29) is 11.1 Å². The van der Waals surface area contributed by atoms with E-state index in [4.69, 9.17) is 30.5 Å². The molecule has 0 radical (unpaired) electrons. The molecule has 0 amide bonds. The Labute approximate surface area is 177 Å². The topological polar surface area (TPSA) is 74.7 Å². The summed E-state index contributed by atoms with van der Waals surface area (Å²) < 4.78 is 37.0. The minimum atomic E-state index is -0.489. The number of benzene rings is 2. The van der Waals surface area contributed by atoms with Gasteiger partial charge in [-0.15, -0.1) is 0 Å². The van der Waals surface area contributed by atoms with Gasteiger partial charge >= 0.3 is 0 Å². The molecule has 1 aromatic heterocycles. The van der Waals surface area contributed by atoms with Crippen LogP contribution in [0.2, 0.25) is 5.02 Å². The van der Waals surface area contributed by atoms with Crippen LogP contribution in [0.1, 0.15) is 12.8 Å². The highest BCUT2D eigenvalue weighted by atomic mass is 35.5. The average molecular weight is 432 g/mol. The van der Waals surface area contributed by atoms with Crippen molar-refractivity contribution in [3.8, 4) is 17.2 Å². The SMILES string of the molecule is Fc1ccc(Nc2ncnc3cc(OCC4CCCO4)c4c(c23)OCCO4)cc1Cl. The van der Waals surface area contributed by atoms with E-state index in [0.717, 1.165) is 19.4 Å². The van der Waals surface area contributed by atoms with Crippen LogP contribution in [-0.2, 0) is 4.74 Å². The summed E-state index contributed by atoms with van der Waals surface area (Å²) in [4.78, 5) is 8.73. The highest BCUT2D eigenvalue weighted by Crippen LogP contribution is 2.47. The van der Waals surface area contributed by atoms with E-state index in [1.165, 1.54) is 18.5 Å². The fourth-order valence-electron chi connectivity index (χ4n) is 3.58. The third kappa shape index (κ3) is 3.68. The van der Waals surface area contributed by atoms with Crippen LogP contribution in [0.15, 0.2) is 30.6 Å². The maximum Gasteiger partial charge on any atom is 0.204 e. The zero-order chi connectivity index (χ0) is 20.5. The summed E-state index contributed by atoms with van der Waals surface area (Å²) in [6.07, 6.45) is 3.53. The summed E-state index contributed by atoms with van der Waals surface area (Å²) in [6, 6.07) is 6.17. The van der Waals surface area contributed by atoms with Gasteiger partial charge in [0.15, 0.2) is 11.5 Å². The zero-order valence-corrected chi connectivity index (χ0v) is 16.7. The third-order valence-corrected chi connectivity index (χ3v) is 5.30. The van der Waals surface area contributed by atoms with Crippen molar-refractivity contribution in [2.24, 2.45) is 0 Å². The van der Waals surface area contributed by atoms with E-state index in [2.05, 4.69) is 15.3 Å². The predicted octanol–water partition coefficient (Wildman–Crippen LogP) is 4.49. The summed E-state index contributed by atoms with van der Waals surface area (Å²) in [5.74, 6) is 1.59. The molecule has 1 saturated heterocycles. The Kier molecular flexibility index (Phi) is 5.18. The Morgan fingerprint density at radius 1 is 1.13 bits per heavy atom. The number of ether oxygens (including phenoxy) is 4. The van der Waals surface area contributed by atoms with Crippen molar-refractivity contribution in [2.75, 3.05) is 31.7 Å². The number of fused-ring (bicyclic) bond motifs is 3. The molecule has 1 N–H and O–H groups in total. The Bertz CT molecular complexity index is 1090. The van der Waals surface area contributed by atoms with Crippen molar-refractivity contribution in [1.82, 2.24) is 9.97 Å². The van der Waals surface area contributed by atoms with Gasteiger partial charge < -0.3 is 24.3 Å². The van der Waals surface area contributed by atoms with E-state index in [9.17, 15) is 4.39 Å². The lowest BCUT2D eigenvalue weighted by atomic mass is 10.1. The van der Waals surface area contributed by atoms with Gasteiger partial charge in [0.25, 0.3) is 0 Å². The highest BCUT2D eigenvalue weighted by molar-refractivity contribution is 6.31. The van der Waals surface area contributed by atoms with Gasteiger partial charge in [-0.3, -0.25) is 0 Å². The molecule has 0 spiro atoms. The van der Waals surface area contributed by atoms with E-state index >= 15 is 0 Å². The third-order valence-electron chi connectivity index (χ3n) is 5.01. The summed E-state index contributed by atoms with van der Waals surface area (Å²) >= 11 is 5.90. The van der Waals surface area contributed by atoms with Gasteiger partial charge in [-0.25, -0.2) is 14.4 Å². The molecule has 3 heterocycles. The largest absolute Gasteiger partial charge is 0.487 e. The van der Waals surface area contributed by atoms with Gasteiger partial charge in [0.2, 0.25) is 5.75 Å². The van der Waals surface area contributed by atoms with Gasteiger partial charge in [-0.2, -0.15) is 0 Å². The van der Waals surface area contributed by atoms with E-state index in [1.54, 1.807) is 6.07 Å². The average Bonchev–Trinajstić information content (AvgIpc) is 3.28. The fourth-order valence-corrected chi connectivity index (χ4v) is 3.76. The number of halogens is 2. The van der Waals surface area contributed by atoms with Gasteiger partial charge in [0.1, 0.15) is 37.8 Å². The maximum atomic E-state index is 13.5. The van der Waals surface area contributed by atoms with Gasteiger partial charge in [-0.1, -0.05) is 11.6 Å². The number of nitrogens with one attached hydrogen (secondary N) is 1. The summed E-state index contributed by atoms with van der Waals surface area (Å²) in [5, 5.41) is 3.83. The fraction of sp³-hybridized carbons (Fsp3) is 0.333. The first-order chi connectivity index (χ1) is 14.7. The molecule has 2 aromatic carbocycles. The van der Waals surface area contributed by atoms with Crippen LogP contribution in [-0.4, -0.2) is 42.5 Å². The van der Waals surface area contributed by atoms with E-state index < -0.39 is 5.82 Å². The molecule has 5 rings (SSSR count). The number of hydrogen-bond acceptors (Lipinski definition) is 7. The molecular formula is C21H19ClFN3O4. The van der Waals surface area contributed by atoms with Crippen LogP contribution in [0.3, 0.4) is 0 Å². The first kappa shape index (κ1) is 19.1. The van der Waals surface area contributed by atoms with Crippen molar-refractivity contribution in [3.63, 3.8) is 0 Å². The second-order valence-corrected chi connectivity index (χ2v) is 7.45. The molecule has 156 valence electrons. The molecule has 9 heteroatoms. The minimum Gasteiger partial charge on any atom is -0.487 e. The van der Waals surface area contributed by atoms with Crippen molar-refractivity contribution in [3.05, 3.63) is 41.4 Å². The van der Waals surface area contributed by atoms with Crippen LogP contribution in [0.5, 0.6) is 17.2 Å². The molecule has 0 aliphatic carbocycles. The Morgan fingerprint density at radius 2 is 2.00 bits per heavy atom. The maximum absolute atomic E-state index is 13.5. The molecule has 0 saturated carbocycles. The summed E-state index contributed by atoms with van der Waals surface area (Å²) in [7, 11) is 0. The second kappa shape index (κ2) is 8.12. The van der Waals surface area contributed by atoms with Crippen molar-refractivity contribution in [1.29, 1.82) is 0 Å². The van der Waals surface area contributed by atoms with Crippen LogP contribution < -0.4 is 19.5 Å². The smallest absolute Gasteiger partial charge is 0.204 e. The molecule has 3 aromatic rings. The van der Waals surface area contributed by atoms with Crippen LogP contribution in [0.4, 0.5) is 15.9 Å². The van der Waals surface area contributed by atoms with Crippen molar-refractivity contribution < 1.29 is 23.3 Å². The molecule has 1 unspecified atom stereocenters. The second-order valence-electron chi connectivity index (χ2n) is 7.05. The lowest BCUT2D eigenvalue weighted by Gasteiger charge is -2.24. The molecule has 30 heavy (non-hydrogen) atoms. The first-order valence-corrected chi connectivity index (χ1v) is 10.1. The standard InChI is InChI=1S/C21H19ClFN3O4/c22-14-8-12(3-4-15(14)23)26-21-18-16(24-11-25-21)9-17(19-20(18)29-7-6-28-19)30-10-13-2-1-5-27-13/h3-4,8-9,11,13H,1-2,5-7,10H2,(H,24,25,26). The van der Waals surface area contributed by atoms with Crippen LogP contribution in [0.25, 0.3) is 10.9 Å². The molecule has 1 atom stereocenters. The van der Waals surface area contributed by atoms with Crippen molar-refractivity contribution >= 4 is 34.0 Å². The Hall–Kier alpha value is -2.84. The number of aromatic nitrogens is 2. The van der Waals surface area contributed by atoms with Gasteiger partial charge in [0.05, 0.1) is 22.0 Å². The molecule has 2 aliphatic rings. The van der Waals surface area contributed by atoms with Crippen LogP contribution in [0, 0.1) is 5.82 Å². The lowest BCUT2D eigenvalue weighted by molar-refractivity contribution is 0.0653. The quantitative estimate of drug-likeness (QED) is 0.637. The van der Waals surface area contributed by atoms with E-state index in [0.29, 0.717) is 59.5 Å². The van der Waals surface area contributed by atoms with Crippen molar-refractivity contribution in [2.45, 2.75) is 18.9 Å². The molecule has 2 aliphatic heterocycles. The normalized spacial score (nSPS) is 17.9. The summed E-state index contributed by atoms with van der Waals surface area (Å²) in [6.45, 7) is 2.01. The van der Waals surface area contributed by atoms with Gasteiger partial charge in [0, 0.05) is 18.4 Å². The Balaban J connectivity index is 1.53. The number of nitrogens with zero attached hydrogens (tertiary/aromatic N) is 2. The number of hydrogen-bond donors (Lipinski definition) is 1.